The van der Waals surface area contributed by atoms with Crippen LogP contribution >= 0.6 is 0 Å². The molecule has 0 radical (unpaired) electrons. The minimum Gasteiger partial charge on any atom is -0.459 e. The summed E-state index contributed by atoms with van der Waals surface area (Å²) in [6, 6.07) is 12.2. The maximum absolute atomic E-state index is 12.4. The van der Waals surface area contributed by atoms with Crippen LogP contribution in [0.15, 0.2) is 42.5 Å². The Labute approximate surface area is 152 Å². The largest absolute Gasteiger partial charge is 0.459 e. The topological polar surface area (TPSA) is 131 Å². The van der Waals surface area contributed by atoms with Gasteiger partial charge in [0.25, 0.3) is 17.5 Å². The Kier molecular flexibility index (Phi) is 4.64. The molecule has 134 valence electrons. The van der Waals surface area contributed by atoms with Gasteiger partial charge in [-0.25, -0.2) is 0 Å². The summed E-state index contributed by atoms with van der Waals surface area (Å²) < 4.78 is 5.04. The zero-order valence-corrected chi connectivity index (χ0v) is 13.7. The zero-order chi connectivity index (χ0) is 19.6. The number of nitriles is 1. The third-order valence-electron chi connectivity index (χ3n) is 3.99. The molecule has 0 N–H and O–H groups in total. The minimum absolute atomic E-state index is 0.128. The van der Waals surface area contributed by atoms with E-state index in [4.69, 9.17) is 10.00 Å². The Morgan fingerprint density at radius 1 is 1.15 bits per heavy atom. The van der Waals surface area contributed by atoms with Crippen molar-refractivity contribution in [1.82, 2.24) is 4.90 Å². The van der Waals surface area contributed by atoms with Crippen LogP contribution in [-0.4, -0.2) is 34.2 Å². The summed E-state index contributed by atoms with van der Waals surface area (Å²) in [4.78, 5) is 47.7. The summed E-state index contributed by atoms with van der Waals surface area (Å²) in [5.41, 5.74) is -0.148. The third kappa shape index (κ3) is 3.23. The molecule has 2 aromatic rings. The molecule has 0 unspecified atom stereocenters. The highest BCUT2D eigenvalue weighted by atomic mass is 16.6. The fourth-order valence-electron chi connectivity index (χ4n) is 2.70. The Hall–Kier alpha value is -4.06. The molecule has 3 rings (SSSR count). The molecule has 27 heavy (non-hydrogen) atoms. The molecule has 9 heteroatoms. The van der Waals surface area contributed by atoms with Gasteiger partial charge in [-0.15, -0.1) is 0 Å². The van der Waals surface area contributed by atoms with Crippen molar-refractivity contribution in [3.05, 3.63) is 74.8 Å². The van der Waals surface area contributed by atoms with E-state index >= 15 is 0 Å². The van der Waals surface area contributed by atoms with Gasteiger partial charge in [0.2, 0.25) is 0 Å². The smallest absolute Gasteiger partial charge is 0.326 e. The molecule has 0 aromatic heterocycles. The van der Waals surface area contributed by atoms with Crippen molar-refractivity contribution in [2.75, 3.05) is 6.54 Å². The molecule has 1 aliphatic rings. The van der Waals surface area contributed by atoms with Crippen molar-refractivity contribution in [2.24, 2.45) is 0 Å². The van der Waals surface area contributed by atoms with Crippen molar-refractivity contribution >= 4 is 23.5 Å². The number of carbonyl (C=O) groups is 3. The zero-order valence-electron chi connectivity index (χ0n) is 13.7. The number of hydrogen-bond donors (Lipinski definition) is 0. The number of fused-ring (bicyclic) bond motifs is 1. The summed E-state index contributed by atoms with van der Waals surface area (Å²) in [7, 11) is 0. The van der Waals surface area contributed by atoms with E-state index in [0.29, 0.717) is 16.0 Å². The second-order valence-electron chi connectivity index (χ2n) is 5.58. The number of rotatable bonds is 5. The third-order valence-corrected chi connectivity index (χ3v) is 3.99. The van der Waals surface area contributed by atoms with Gasteiger partial charge in [-0.3, -0.25) is 29.4 Å². The molecule has 2 amide bonds. The Bertz CT molecular complexity index is 1020. The highest BCUT2D eigenvalue weighted by Gasteiger charge is 2.41. The van der Waals surface area contributed by atoms with Gasteiger partial charge in [0, 0.05) is 11.6 Å². The normalized spacial score (nSPS) is 12.5. The van der Waals surface area contributed by atoms with E-state index in [0.717, 1.165) is 6.07 Å². The lowest BCUT2D eigenvalue weighted by atomic mass is 10.1. The summed E-state index contributed by atoms with van der Waals surface area (Å²) in [5.74, 6) is -2.59. The van der Waals surface area contributed by atoms with Gasteiger partial charge in [-0.2, -0.15) is 5.26 Å². The molecule has 0 saturated carbocycles. The van der Waals surface area contributed by atoms with Crippen LogP contribution in [0, 0.1) is 21.4 Å². The SMILES string of the molecule is N#Cc1ccccc1COC(=O)CN1C(=O)c2cccc([N+](=O)[O-])c2C1=O. The fraction of sp³-hybridized carbons (Fsp3) is 0.111. The highest BCUT2D eigenvalue weighted by Crippen LogP contribution is 2.30. The summed E-state index contributed by atoms with van der Waals surface area (Å²) >= 11 is 0. The number of benzene rings is 2. The van der Waals surface area contributed by atoms with E-state index in [2.05, 4.69) is 0 Å². The van der Waals surface area contributed by atoms with Crippen molar-refractivity contribution in [1.29, 1.82) is 5.26 Å². The van der Waals surface area contributed by atoms with Crippen LogP contribution in [0.3, 0.4) is 0 Å². The first-order chi connectivity index (χ1) is 12.9. The van der Waals surface area contributed by atoms with Gasteiger partial charge in [-0.05, 0) is 12.1 Å². The van der Waals surface area contributed by atoms with Crippen molar-refractivity contribution in [3.63, 3.8) is 0 Å². The van der Waals surface area contributed by atoms with Gasteiger partial charge in [0.1, 0.15) is 18.7 Å². The molecule has 1 aliphatic heterocycles. The van der Waals surface area contributed by atoms with E-state index < -0.39 is 34.9 Å². The average Bonchev–Trinajstić information content (AvgIpc) is 2.91. The molecular formula is C18H11N3O6. The van der Waals surface area contributed by atoms with Gasteiger partial charge in [0.15, 0.2) is 0 Å². The first kappa shape index (κ1) is 17.8. The first-order valence-corrected chi connectivity index (χ1v) is 7.71. The van der Waals surface area contributed by atoms with Crippen molar-refractivity contribution in [2.45, 2.75) is 6.61 Å². The standard InChI is InChI=1S/C18H11N3O6/c19-8-11-4-1-2-5-12(11)10-27-15(22)9-20-17(23)13-6-3-7-14(21(25)26)16(13)18(20)24/h1-7H,9-10H2. The van der Waals surface area contributed by atoms with E-state index in [1.807, 2.05) is 6.07 Å². The van der Waals surface area contributed by atoms with Gasteiger partial charge in [0.05, 0.1) is 22.1 Å². The predicted octanol–water partition coefficient (Wildman–Crippen LogP) is 1.81. The van der Waals surface area contributed by atoms with E-state index in [1.165, 1.54) is 12.1 Å². The highest BCUT2D eigenvalue weighted by molar-refractivity contribution is 6.24. The van der Waals surface area contributed by atoms with Gasteiger partial charge >= 0.3 is 5.97 Å². The number of esters is 1. The van der Waals surface area contributed by atoms with Crippen LogP contribution in [0.4, 0.5) is 5.69 Å². The first-order valence-electron chi connectivity index (χ1n) is 7.71. The van der Waals surface area contributed by atoms with Crippen LogP contribution in [0.2, 0.25) is 0 Å². The lowest BCUT2D eigenvalue weighted by Crippen LogP contribution is -2.35. The number of ether oxygens (including phenoxy) is 1. The second kappa shape index (κ2) is 7.05. The summed E-state index contributed by atoms with van der Waals surface area (Å²) in [5, 5.41) is 20.1. The van der Waals surface area contributed by atoms with Crippen LogP contribution in [0.25, 0.3) is 0 Å². The second-order valence-corrected chi connectivity index (χ2v) is 5.58. The average molecular weight is 365 g/mol. The molecule has 0 bridgehead atoms. The molecule has 0 atom stereocenters. The number of imide groups is 1. The van der Waals surface area contributed by atoms with Crippen LogP contribution in [0.5, 0.6) is 0 Å². The lowest BCUT2D eigenvalue weighted by molar-refractivity contribution is -0.385. The van der Waals surface area contributed by atoms with E-state index in [1.54, 1.807) is 24.3 Å². The quantitative estimate of drug-likeness (QED) is 0.342. The molecule has 0 spiro atoms. The number of amides is 2. The summed E-state index contributed by atoms with van der Waals surface area (Å²) in [6.07, 6.45) is 0. The van der Waals surface area contributed by atoms with E-state index in [9.17, 15) is 24.5 Å². The number of nitrogens with zero attached hydrogens (tertiary/aromatic N) is 3. The molecule has 1 heterocycles. The number of hydrogen-bond acceptors (Lipinski definition) is 7. The maximum Gasteiger partial charge on any atom is 0.326 e. The Balaban J connectivity index is 1.73. The number of carbonyl (C=O) groups excluding carboxylic acids is 3. The minimum atomic E-state index is -0.920. The van der Waals surface area contributed by atoms with E-state index in [-0.39, 0.29) is 17.7 Å². The summed E-state index contributed by atoms with van der Waals surface area (Å²) in [6.45, 7) is -0.885. The van der Waals surface area contributed by atoms with Crippen LogP contribution in [0.1, 0.15) is 31.8 Å². The Morgan fingerprint density at radius 3 is 2.59 bits per heavy atom. The lowest BCUT2D eigenvalue weighted by Gasteiger charge is -2.13. The van der Waals surface area contributed by atoms with Crippen molar-refractivity contribution in [3.8, 4) is 6.07 Å². The van der Waals surface area contributed by atoms with Crippen LogP contribution < -0.4 is 0 Å². The molecule has 9 nitrogen and oxygen atoms in total. The predicted molar refractivity (Wildman–Crippen MR) is 89.4 cm³/mol. The van der Waals surface area contributed by atoms with Crippen molar-refractivity contribution < 1.29 is 24.0 Å². The fourth-order valence-corrected chi connectivity index (χ4v) is 2.70. The molecule has 2 aromatic carbocycles. The van der Waals surface area contributed by atoms with Gasteiger partial charge in [-0.1, -0.05) is 24.3 Å². The molecule has 0 fully saturated rings. The number of nitro groups is 1. The van der Waals surface area contributed by atoms with Crippen LogP contribution in [-0.2, 0) is 16.1 Å². The van der Waals surface area contributed by atoms with Gasteiger partial charge < -0.3 is 4.74 Å². The maximum atomic E-state index is 12.4. The molecule has 0 saturated heterocycles. The molecular weight excluding hydrogens is 354 g/mol. The Morgan fingerprint density at radius 2 is 1.89 bits per heavy atom. The number of nitro benzene ring substituents is 1. The monoisotopic (exact) mass is 365 g/mol. The molecule has 0 aliphatic carbocycles.